The summed E-state index contributed by atoms with van der Waals surface area (Å²) in [5.74, 6) is 1.04. The number of urea groups is 1. The second kappa shape index (κ2) is 8.46. The largest absolute Gasteiger partial charge is 0.339 e. The number of nitrogens with zero attached hydrogens (tertiary/aromatic N) is 5. The predicted octanol–water partition coefficient (Wildman–Crippen LogP) is 3.27. The molecule has 1 atom stereocenters. The van der Waals surface area contributed by atoms with Gasteiger partial charge in [-0.3, -0.25) is 4.68 Å². The lowest BCUT2D eigenvalue weighted by molar-refractivity contribution is 0.165. The van der Waals surface area contributed by atoms with E-state index < -0.39 is 0 Å². The highest BCUT2D eigenvalue weighted by molar-refractivity contribution is 5.74. The molecule has 1 saturated heterocycles. The maximum atomic E-state index is 12.6. The van der Waals surface area contributed by atoms with Crippen LogP contribution in [0, 0.1) is 6.92 Å². The molecule has 1 aliphatic heterocycles. The third-order valence-electron chi connectivity index (χ3n) is 5.27. The molecule has 1 unspecified atom stereocenters. The number of nitrogens with one attached hydrogen (secondary N) is 1. The highest BCUT2D eigenvalue weighted by atomic mass is 16.5. The average Bonchev–Trinajstić information content (AvgIpc) is 3.38. The molecule has 8 heteroatoms. The van der Waals surface area contributed by atoms with Crippen molar-refractivity contribution in [1.82, 2.24) is 30.1 Å². The molecule has 3 aromatic rings. The number of aromatic nitrogens is 4. The number of benzene rings is 1. The van der Waals surface area contributed by atoms with Crippen LogP contribution >= 0.6 is 0 Å². The quantitative estimate of drug-likeness (QED) is 0.717. The number of aryl methyl sites for hydroxylation is 1. The molecule has 0 aliphatic carbocycles. The first-order valence-corrected chi connectivity index (χ1v) is 10.0. The molecule has 0 spiro atoms. The summed E-state index contributed by atoms with van der Waals surface area (Å²) >= 11 is 0. The van der Waals surface area contributed by atoms with E-state index in [1.807, 2.05) is 60.0 Å². The van der Waals surface area contributed by atoms with Crippen molar-refractivity contribution < 1.29 is 9.32 Å². The van der Waals surface area contributed by atoms with E-state index in [0.29, 0.717) is 37.3 Å². The van der Waals surface area contributed by atoms with Gasteiger partial charge in [0, 0.05) is 19.3 Å². The van der Waals surface area contributed by atoms with Gasteiger partial charge in [0.25, 0.3) is 0 Å². The Labute approximate surface area is 169 Å². The Morgan fingerprint density at radius 2 is 2.03 bits per heavy atom. The fourth-order valence-electron chi connectivity index (χ4n) is 3.59. The number of carbonyl (C=O) groups is 1. The maximum Gasteiger partial charge on any atom is 0.317 e. The van der Waals surface area contributed by atoms with Crippen LogP contribution in [0.3, 0.4) is 0 Å². The SMILES string of the molecule is Cc1cnn(C2CCN(C(=O)NC(C)c3noc(Cc4ccccc4)n3)CC2)c1. The highest BCUT2D eigenvalue weighted by Crippen LogP contribution is 2.22. The van der Waals surface area contributed by atoms with Gasteiger partial charge < -0.3 is 14.7 Å². The summed E-state index contributed by atoms with van der Waals surface area (Å²) in [6, 6.07) is 9.90. The Morgan fingerprint density at radius 3 is 2.72 bits per heavy atom. The summed E-state index contributed by atoms with van der Waals surface area (Å²) in [7, 11) is 0. The molecule has 29 heavy (non-hydrogen) atoms. The van der Waals surface area contributed by atoms with Crippen LogP contribution in [-0.2, 0) is 6.42 Å². The third-order valence-corrected chi connectivity index (χ3v) is 5.27. The first-order valence-electron chi connectivity index (χ1n) is 10.0. The monoisotopic (exact) mass is 394 g/mol. The molecule has 1 fully saturated rings. The molecule has 3 heterocycles. The summed E-state index contributed by atoms with van der Waals surface area (Å²) in [4.78, 5) is 18.9. The molecular weight excluding hydrogens is 368 g/mol. The van der Waals surface area contributed by atoms with Gasteiger partial charge in [0.2, 0.25) is 5.89 Å². The molecule has 152 valence electrons. The molecular formula is C21H26N6O2. The molecule has 1 aliphatic rings. The summed E-state index contributed by atoms with van der Waals surface area (Å²) in [5, 5.41) is 11.4. The standard InChI is InChI=1S/C21H26N6O2/c1-15-13-22-27(14-15)18-8-10-26(11-9-18)21(28)23-16(2)20-24-19(29-25-20)12-17-6-4-3-5-7-17/h3-7,13-14,16,18H,8-12H2,1-2H3,(H,23,28). The Balaban J connectivity index is 1.28. The van der Waals surface area contributed by atoms with Crippen LogP contribution in [0.25, 0.3) is 0 Å². The van der Waals surface area contributed by atoms with E-state index in [4.69, 9.17) is 4.52 Å². The van der Waals surface area contributed by atoms with Crippen LogP contribution in [0.1, 0.15) is 54.7 Å². The average molecular weight is 394 g/mol. The number of hydrogen-bond acceptors (Lipinski definition) is 5. The van der Waals surface area contributed by atoms with Crippen molar-refractivity contribution in [3.05, 3.63) is 65.6 Å². The normalized spacial score (nSPS) is 16.0. The van der Waals surface area contributed by atoms with E-state index in [-0.39, 0.29) is 12.1 Å². The van der Waals surface area contributed by atoms with Gasteiger partial charge in [-0.25, -0.2) is 4.79 Å². The Kier molecular flexibility index (Phi) is 5.59. The van der Waals surface area contributed by atoms with E-state index in [9.17, 15) is 4.79 Å². The van der Waals surface area contributed by atoms with E-state index in [1.54, 1.807) is 0 Å². The molecule has 0 radical (unpaired) electrons. The second-order valence-electron chi connectivity index (χ2n) is 7.60. The molecule has 2 amide bonds. The van der Waals surface area contributed by atoms with Crippen LogP contribution in [0.15, 0.2) is 47.2 Å². The van der Waals surface area contributed by atoms with Crippen LogP contribution in [0.2, 0.25) is 0 Å². The zero-order valence-electron chi connectivity index (χ0n) is 16.8. The molecule has 8 nitrogen and oxygen atoms in total. The van der Waals surface area contributed by atoms with Crippen molar-refractivity contribution in [2.24, 2.45) is 0 Å². The van der Waals surface area contributed by atoms with Crippen molar-refractivity contribution >= 4 is 6.03 Å². The molecule has 2 aromatic heterocycles. The first kappa shape index (κ1) is 19.2. The van der Waals surface area contributed by atoms with Crippen LogP contribution in [-0.4, -0.2) is 43.9 Å². The van der Waals surface area contributed by atoms with Gasteiger partial charge in [-0.05, 0) is 37.8 Å². The van der Waals surface area contributed by atoms with E-state index >= 15 is 0 Å². The van der Waals surface area contributed by atoms with Crippen LogP contribution in [0.4, 0.5) is 4.79 Å². The maximum absolute atomic E-state index is 12.6. The summed E-state index contributed by atoms with van der Waals surface area (Å²) in [6.45, 7) is 5.31. The van der Waals surface area contributed by atoms with E-state index in [0.717, 1.165) is 24.0 Å². The number of carbonyl (C=O) groups excluding carboxylic acids is 1. The minimum Gasteiger partial charge on any atom is -0.339 e. The van der Waals surface area contributed by atoms with Gasteiger partial charge in [0.15, 0.2) is 5.82 Å². The Morgan fingerprint density at radius 1 is 1.28 bits per heavy atom. The van der Waals surface area contributed by atoms with Gasteiger partial charge in [-0.15, -0.1) is 0 Å². The third kappa shape index (κ3) is 4.64. The minimum atomic E-state index is -0.317. The molecule has 4 rings (SSSR count). The topological polar surface area (TPSA) is 89.1 Å². The van der Waals surface area contributed by atoms with Gasteiger partial charge in [0.05, 0.1) is 24.7 Å². The first-order chi connectivity index (χ1) is 14.1. The lowest BCUT2D eigenvalue weighted by Gasteiger charge is -2.32. The molecule has 0 bridgehead atoms. The molecule has 1 N–H and O–H groups in total. The van der Waals surface area contributed by atoms with Gasteiger partial charge in [0.1, 0.15) is 0 Å². The number of likely N-dealkylation sites (tertiary alicyclic amines) is 1. The van der Waals surface area contributed by atoms with Crippen molar-refractivity contribution in [3.63, 3.8) is 0 Å². The fourth-order valence-corrected chi connectivity index (χ4v) is 3.59. The zero-order valence-corrected chi connectivity index (χ0v) is 16.8. The second-order valence-corrected chi connectivity index (χ2v) is 7.60. The van der Waals surface area contributed by atoms with Crippen molar-refractivity contribution in [1.29, 1.82) is 0 Å². The molecule has 0 saturated carbocycles. The van der Waals surface area contributed by atoms with Crippen molar-refractivity contribution in [2.75, 3.05) is 13.1 Å². The Hall–Kier alpha value is -3.16. The Bertz CT molecular complexity index is 943. The van der Waals surface area contributed by atoms with E-state index in [2.05, 4.69) is 26.8 Å². The van der Waals surface area contributed by atoms with E-state index in [1.165, 1.54) is 0 Å². The van der Waals surface area contributed by atoms with Gasteiger partial charge in [-0.2, -0.15) is 10.1 Å². The minimum absolute atomic E-state index is 0.0954. The number of hydrogen-bond donors (Lipinski definition) is 1. The van der Waals surface area contributed by atoms with Crippen molar-refractivity contribution in [2.45, 2.75) is 45.2 Å². The van der Waals surface area contributed by atoms with Crippen LogP contribution < -0.4 is 5.32 Å². The number of amides is 2. The summed E-state index contributed by atoms with van der Waals surface area (Å²) in [5.41, 5.74) is 2.26. The molecule has 1 aromatic carbocycles. The fraction of sp³-hybridized carbons (Fsp3) is 0.429. The number of piperidine rings is 1. The van der Waals surface area contributed by atoms with Crippen molar-refractivity contribution in [3.8, 4) is 0 Å². The summed E-state index contributed by atoms with van der Waals surface area (Å²) in [6.07, 6.45) is 6.30. The lowest BCUT2D eigenvalue weighted by Crippen LogP contribution is -2.45. The lowest BCUT2D eigenvalue weighted by atomic mass is 10.1. The van der Waals surface area contributed by atoms with Gasteiger partial charge >= 0.3 is 6.03 Å². The smallest absolute Gasteiger partial charge is 0.317 e. The van der Waals surface area contributed by atoms with Gasteiger partial charge in [-0.1, -0.05) is 35.5 Å². The number of rotatable bonds is 5. The summed E-state index contributed by atoms with van der Waals surface area (Å²) < 4.78 is 7.36. The zero-order chi connectivity index (χ0) is 20.2. The highest BCUT2D eigenvalue weighted by Gasteiger charge is 2.26. The van der Waals surface area contributed by atoms with Crippen LogP contribution in [0.5, 0.6) is 0 Å². The predicted molar refractivity (Wildman–Crippen MR) is 107 cm³/mol.